The zero-order chi connectivity index (χ0) is 15.1. The fourth-order valence-corrected chi connectivity index (χ4v) is 1.86. The summed E-state index contributed by atoms with van der Waals surface area (Å²) in [6.07, 6.45) is 0. The van der Waals surface area contributed by atoms with Crippen LogP contribution in [-0.4, -0.2) is 41.6 Å². The zero-order valence-electron chi connectivity index (χ0n) is 12.1. The molecule has 0 atom stereocenters. The van der Waals surface area contributed by atoms with Gasteiger partial charge in [0.05, 0.1) is 0 Å². The van der Waals surface area contributed by atoms with Gasteiger partial charge in [-0.25, -0.2) is 0 Å². The van der Waals surface area contributed by atoms with Crippen LogP contribution in [0, 0.1) is 0 Å². The molecule has 1 N–H and O–H groups in total. The van der Waals surface area contributed by atoms with Crippen LogP contribution in [0.5, 0.6) is 5.75 Å². The molecule has 1 amide bonds. The van der Waals surface area contributed by atoms with Crippen molar-refractivity contribution < 1.29 is 19.4 Å². The molecule has 0 aliphatic rings. The van der Waals surface area contributed by atoms with Gasteiger partial charge in [-0.3, -0.25) is 9.59 Å². The van der Waals surface area contributed by atoms with Crippen LogP contribution in [-0.2, 0) is 9.59 Å². The van der Waals surface area contributed by atoms with Crippen molar-refractivity contribution in [2.45, 2.75) is 26.7 Å². The average Bonchev–Trinajstić information content (AvgIpc) is 2.42. The monoisotopic (exact) mass is 279 g/mol. The summed E-state index contributed by atoms with van der Waals surface area (Å²) in [6.45, 7) is 5.73. The topological polar surface area (TPSA) is 66.8 Å². The number of nitrogens with zero attached hydrogens (tertiary/aromatic N) is 1. The van der Waals surface area contributed by atoms with Crippen LogP contribution in [0.15, 0.2) is 24.3 Å². The van der Waals surface area contributed by atoms with Gasteiger partial charge in [0, 0.05) is 6.54 Å². The minimum absolute atomic E-state index is 0.148. The quantitative estimate of drug-likeness (QED) is 0.830. The Bertz CT molecular complexity index is 471. The number of carboxylic acid groups (broad SMARTS) is 1. The summed E-state index contributed by atoms with van der Waals surface area (Å²) >= 11 is 0. The van der Waals surface area contributed by atoms with Gasteiger partial charge >= 0.3 is 5.97 Å². The molecule has 0 bridgehead atoms. The van der Waals surface area contributed by atoms with E-state index in [1.807, 2.05) is 38.1 Å². The smallest absolute Gasteiger partial charge is 0.323 e. The number of carbonyl (C=O) groups is 2. The van der Waals surface area contributed by atoms with E-state index in [9.17, 15) is 9.59 Å². The maximum atomic E-state index is 11.9. The molecule has 5 nitrogen and oxygen atoms in total. The zero-order valence-corrected chi connectivity index (χ0v) is 12.1. The van der Waals surface area contributed by atoms with E-state index < -0.39 is 5.97 Å². The second kappa shape index (κ2) is 7.53. The highest BCUT2D eigenvalue weighted by atomic mass is 16.5. The fourth-order valence-electron chi connectivity index (χ4n) is 1.86. The van der Waals surface area contributed by atoms with Crippen molar-refractivity contribution in [3.63, 3.8) is 0 Å². The Morgan fingerprint density at radius 1 is 1.30 bits per heavy atom. The molecule has 0 aliphatic carbocycles. The van der Waals surface area contributed by atoms with E-state index in [1.54, 1.807) is 6.92 Å². The second-order valence-corrected chi connectivity index (χ2v) is 4.78. The molecule has 1 aromatic carbocycles. The van der Waals surface area contributed by atoms with Gasteiger partial charge in [0.2, 0.25) is 0 Å². The van der Waals surface area contributed by atoms with Crippen molar-refractivity contribution in [2.24, 2.45) is 0 Å². The third-order valence-corrected chi connectivity index (χ3v) is 2.95. The number of carboxylic acids is 1. The molecule has 0 spiro atoms. The molecule has 0 saturated heterocycles. The number of aliphatic carboxylic acids is 1. The molecule has 1 rings (SSSR count). The fraction of sp³-hybridized carbons (Fsp3) is 0.467. The van der Waals surface area contributed by atoms with Gasteiger partial charge in [-0.15, -0.1) is 0 Å². The van der Waals surface area contributed by atoms with E-state index in [-0.39, 0.29) is 19.1 Å². The first-order valence-electron chi connectivity index (χ1n) is 6.67. The minimum atomic E-state index is -1.03. The lowest BCUT2D eigenvalue weighted by molar-refractivity contribution is -0.145. The van der Waals surface area contributed by atoms with Crippen LogP contribution in [0.25, 0.3) is 0 Å². The molecule has 0 aliphatic heterocycles. The van der Waals surface area contributed by atoms with E-state index in [0.717, 1.165) is 5.56 Å². The van der Waals surface area contributed by atoms with E-state index in [1.165, 1.54) is 4.90 Å². The number of rotatable bonds is 7. The maximum absolute atomic E-state index is 11.9. The number of carbonyl (C=O) groups excluding carboxylic acids is 1. The number of likely N-dealkylation sites (N-methyl/N-ethyl adjacent to an activating group) is 1. The van der Waals surface area contributed by atoms with Crippen molar-refractivity contribution in [1.82, 2.24) is 4.90 Å². The minimum Gasteiger partial charge on any atom is -0.483 e. The van der Waals surface area contributed by atoms with Crippen LogP contribution in [0.1, 0.15) is 32.3 Å². The van der Waals surface area contributed by atoms with E-state index in [2.05, 4.69) is 0 Å². The van der Waals surface area contributed by atoms with Crippen LogP contribution in [0.2, 0.25) is 0 Å². The van der Waals surface area contributed by atoms with Crippen molar-refractivity contribution >= 4 is 11.9 Å². The third kappa shape index (κ3) is 4.57. The standard InChI is InChI=1S/C15H21NO4/c1-4-16(9-15(18)19)14(17)10-20-13-8-6-5-7-12(13)11(2)3/h5-8,11H,4,9-10H2,1-3H3,(H,18,19). The number of benzene rings is 1. The van der Waals surface area contributed by atoms with Gasteiger partial charge in [0.15, 0.2) is 6.61 Å². The molecule has 110 valence electrons. The molecular formula is C15H21NO4. The summed E-state index contributed by atoms with van der Waals surface area (Å²) in [4.78, 5) is 23.8. The molecule has 0 aromatic heterocycles. The van der Waals surface area contributed by atoms with Crippen molar-refractivity contribution in [2.75, 3.05) is 19.7 Å². The highest BCUT2D eigenvalue weighted by molar-refractivity contribution is 5.82. The number of para-hydroxylation sites is 1. The predicted molar refractivity (Wildman–Crippen MR) is 75.9 cm³/mol. The van der Waals surface area contributed by atoms with Gasteiger partial charge in [-0.05, 0) is 24.5 Å². The van der Waals surface area contributed by atoms with Crippen molar-refractivity contribution in [3.8, 4) is 5.75 Å². The molecule has 0 fully saturated rings. The summed E-state index contributed by atoms with van der Waals surface area (Å²) in [5, 5.41) is 8.73. The lowest BCUT2D eigenvalue weighted by atomic mass is 10.0. The highest BCUT2D eigenvalue weighted by Crippen LogP contribution is 2.25. The maximum Gasteiger partial charge on any atom is 0.323 e. The third-order valence-electron chi connectivity index (χ3n) is 2.95. The lowest BCUT2D eigenvalue weighted by Gasteiger charge is -2.19. The molecule has 0 saturated carbocycles. The number of ether oxygens (including phenoxy) is 1. The lowest BCUT2D eigenvalue weighted by Crippen LogP contribution is -2.38. The van der Waals surface area contributed by atoms with Crippen LogP contribution >= 0.6 is 0 Å². The molecule has 0 radical (unpaired) electrons. The largest absolute Gasteiger partial charge is 0.483 e. The molecule has 0 unspecified atom stereocenters. The normalized spacial score (nSPS) is 10.4. The Morgan fingerprint density at radius 3 is 2.50 bits per heavy atom. The van der Waals surface area contributed by atoms with Gasteiger partial charge < -0.3 is 14.7 Å². The SMILES string of the molecule is CCN(CC(=O)O)C(=O)COc1ccccc1C(C)C. The number of hydrogen-bond donors (Lipinski definition) is 1. The highest BCUT2D eigenvalue weighted by Gasteiger charge is 2.16. The summed E-state index contributed by atoms with van der Waals surface area (Å²) in [5.74, 6) is -0.388. The first-order valence-corrected chi connectivity index (χ1v) is 6.67. The van der Waals surface area contributed by atoms with Gasteiger partial charge in [0.1, 0.15) is 12.3 Å². The summed E-state index contributed by atoms with van der Waals surface area (Å²) in [6, 6.07) is 7.54. The van der Waals surface area contributed by atoms with Crippen molar-refractivity contribution in [3.05, 3.63) is 29.8 Å². The van der Waals surface area contributed by atoms with E-state index in [4.69, 9.17) is 9.84 Å². The predicted octanol–water partition coefficient (Wildman–Crippen LogP) is 2.12. The Kier molecular flexibility index (Phi) is 6.03. The van der Waals surface area contributed by atoms with Crippen LogP contribution < -0.4 is 4.74 Å². The molecule has 5 heteroatoms. The van der Waals surface area contributed by atoms with Gasteiger partial charge in [0.25, 0.3) is 5.91 Å². The Balaban J connectivity index is 2.67. The molecule has 1 aromatic rings. The summed E-state index contributed by atoms with van der Waals surface area (Å²) < 4.78 is 5.54. The van der Waals surface area contributed by atoms with Crippen molar-refractivity contribution in [1.29, 1.82) is 0 Å². The van der Waals surface area contributed by atoms with E-state index >= 15 is 0 Å². The average molecular weight is 279 g/mol. The molecule has 0 heterocycles. The second-order valence-electron chi connectivity index (χ2n) is 4.78. The van der Waals surface area contributed by atoms with E-state index in [0.29, 0.717) is 18.2 Å². The summed E-state index contributed by atoms with van der Waals surface area (Å²) in [5.41, 5.74) is 1.03. The van der Waals surface area contributed by atoms with Gasteiger partial charge in [-0.2, -0.15) is 0 Å². The summed E-state index contributed by atoms with van der Waals surface area (Å²) in [7, 11) is 0. The number of amides is 1. The van der Waals surface area contributed by atoms with Crippen LogP contribution in [0.4, 0.5) is 0 Å². The van der Waals surface area contributed by atoms with Crippen LogP contribution in [0.3, 0.4) is 0 Å². The molecule has 20 heavy (non-hydrogen) atoms. The Labute approximate surface area is 119 Å². The molecular weight excluding hydrogens is 258 g/mol. The first kappa shape index (κ1) is 16.0. The Morgan fingerprint density at radius 2 is 1.95 bits per heavy atom. The first-order chi connectivity index (χ1) is 9.45. The van der Waals surface area contributed by atoms with Gasteiger partial charge in [-0.1, -0.05) is 32.0 Å². The number of hydrogen-bond acceptors (Lipinski definition) is 3. The Hall–Kier alpha value is -2.04.